The minimum Gasteiger partial charge on any atom is -0.497 e. The van der Waals surface area contributed by atoms with Gasteiger partial charge in [0, 0.05) is 6.07 Å². The topological polar surface area (TPSA) is 82.8 Å². The van der Waals surface area contributed by atoms with Crippen molar-refractivity contribution in [3.63, 3.8) is 0 Å². The number of halogens is 1. The molecule has 1 amide bonds. The van der Waals surface area contributed by atoms with E-state index in [1.807, 2.05) is 19.1 Å². The molecule has 2 aromatic rings. The molecule has 7 heteroatoms. The van der Waals surface area contributed by atoms with Crippen LogP contribution in [0.15, 0.2) is 42.5 Å². The van der Waals surface area contributed by atoms with Gasteiger partial charge < -0.3 is 25.3 Å². The number of ether oxygens (including phenoxy) is 3. The van der Waals surface area contributed by atoms with Crippen molar-refractivity contribution in [3.05, 3.63) is 42.5 Å². The molecule has 0 saturated heterocycles. The van der Waals surface area contributed by atoms with Crippen molar-refractivity contribution in [2.24, 2.45) is 0 Å². The lowest BCUT2D eigenvalue weighted by Crippen LogP contribution is -2.20. The largest absolute Gasteiger partial charge is 0.497 e. The first kappa shape index (κ1) is 20.4. The maximum absolute atomic E-state index is 12.0. The Labute approximate surface area is 153 Å². The van der Waals surface area contributed by atoms with Gasteiger partial charge in [-0.15, -0.1) is 12.4 Å². The third-order valence-corrected chi connectivity index (χ3v) is 3.20. The molecular formula is C18H23ClN2O4. The Morgan fingerprint density at radius 2 is 1.64 bits per heavy atom. The van der Waals surface area contributed by atoms with E-state index in [9.17, 15) is 4.79 Å². The second-order valence-corrected chi connectivity index (χ2v) is 5.11. The summed E-state index contributed by atoms with van der Waals surface area (Å²) in [4.78, 5) is 12.0. The van der Waals surface area contributed by atoms with Gasteiger partial charge in [-0.05, 0) is 42.8 Å². The number of methoxy groups -OCH3 is 1. The molecule has 0 radical (unpaired) electrons. The molecule has 0 unspecified atom stereocenters. The fourth-order valence-electron chi connectivity index (χ4n) is 1.96. The van der Waals surface area contributed by atoms with E-state index in [-0.39, 0.29) is 24.9 Å². The molecule has 6 nitrogen and oxygen atoms in total. The number of benzene rings is 2. The normalized spacial score (nSPS) is 9.68. The number of carbonyl (C=O) groups excluding carboxylic acids is 1. The van der Waals surface area contributed by atoms with Crippen LogP contribution in [0.5, 0.6) is 17.2 Å². The van der Waals surface area contributed by atoms with Gasteiger partial charge in [-0.1, -0.05) is 6.92 Å². The Bertz CT molecular complexity index is 677. The first-order valence-electron chi connectivity index (χ1n) is 7.71. The molecule has 2 aromatic carbocycles. The van der Waals surface area contributed by atoms with Crippen LogP contribution in [0.2, 0.25) is 0 Å². The van der Waals surface area contributed by atoms with E-state index >= 15 is 0 Å². The number of anilines is 2. The number of nitrogens with one attached hydrogen (secondary N) is 1. The van der Waals surface area contributed by atoms with Gasteiger partial charge in [0.1, 0.15) is 17.2 Å². The summed E-state index contributed by atoms with van der Waals surface area (Å²) >= 11 is 0. The predicted octanol–water partition coefficient (Wildman–Crippen LogP) is 3.51. The van der Waals surface area contributed by atoms with Crippen molar-refractivity contribution < 1.29 is 19.0 Å². The zero-order valence-corrected chi connectivity index (χ0v) is 15.1. The molecule has 136 valence electrons. The monoisotopic (exact) mass is 366 g/mol. The van der Waals surface area contributed by atoms with Crippen LogP contribution >= 0.6 is 12.4 Å². The molecule has 0 aliphatic rings. The van der Waals surface area contributed by atoms with Crippen LogP contribution in [0.1, 0.15) is 13.3 Å². The molecule has 0 fully saturated rings. The Morgan fingerprint density at radius 3 is 2.24 bits per heavy atom. The van der Waals surface area contributed by atoms with Crippen LogP contribution in [0.3, 0.4) is 0 Å². The molecule has 25 heavy (non-hydrogen) atoms. The number of nitrogen functional groups attached to an aromatic ring is 1. The molecule has 0 spiro atoms. The molecule has 0 saturated carbocycles. The zero-order chi connectivity index (χ0) is 17.4. The van der Waals surface area contributed by atoms with E-state index in [1.54, 1.807) is 37.4 Å². The minimum absolute atomic E-state index is 0. The standard InChI is InChI=1S/C18H22N2O4.ClH/c1-3-10-23-13-4-6-14(7-5-13)24-12-18(21)20-17-11-15(22-2)8-9-16(17)19;/h4-9,11H,3,10,12,19H2,1-2H3,(H,20,21);1H. The van der Waals surface area contributed by atoms with Gasteiger partial charge in [0.05, 0.1) is 25.1 Å². The highest BCUT2D eigenvalue weighted by Gasteiger charge is 2.08. The van der Waals surface area contributed by atoms with Gasteiger partial charge in [-0.2, -0.15) is 0 Å². The lowest BCUT2D eigenvalue weighted by molar-refractivity contribution is -0.118. The van der Waals surface area contributed by atoms with Gasteiger partial charge >= 0.3 is 0 Å². The highest BCUT2D eigenvalue weighted by Crippen LogP contribution is 2.24. The van der Waals surface area contributed by atoms with Gasteiger partial charge in [0.25, 0.3) is 5.91 Å². The predicted molar refractivity (Wildman–Crippen MR) is 101 cm³/mol. The van der Waals surface area contributed by atoms with Crippen LogP contribution in [-0.4, -0.2) is 26.2 Å². The zero-order valence-electron chi connectivity index (χ0n) is 14.3. The third-order valence-electron chi connectivity index (χ3n) is 3.20. The Balaban J connectivity index is 0.00000312. The number of nitrogens with two attached hydrogens (primary N) is 1. The van der Waals surface area contributed by atoms with Crippen molar-refractivity contribution in [2.45, 2.75) is 13.3 Å². The summed E-state index contributed by atoms with van der Waals surface area (Å²) in [6, 6.07) is 12.2. The van der Waals surface area contributed by atoms with Crippen molar-refractivity contribution in [3.8, 4) is 17.2 Å². The van der Waals surface area contributed by atoms with Gasteiger partial charge in [0.15, 0.2) is 6.61 Å². The molecule has 3 N–H and O–H groups in total. The number of amides is 1. The lowest BCUT2D eigenvalue weighted by atomic mass is 10.2. The fraction of sp³-hybridized carbons (Fsp3) is 0.278. The second-order valence-electron chi connectivity index (χ2n) is 5.11. The molecule has 0 aliphatic carbocycles. The summed E-state index contributed by atoms with van der Waals surface area (Å²) in [5.74, 6) is 1.68. The SMILES string of the molecule is CCCOc1ccc(OCC(=O)Nc2cc(OC)ccc2N)cc1.Cl. The maximum atomic E-state index is 12.0. The average molecular weight is 367 g/mol. The fourth-order valence-corrected chi connectivity index (χ4v) is 1.96. The average Bonchev–Trinajstić information content (AvgIpc) is 2.61. The smallest absolute Gasteiger partial charge is 0.262 e. The van der Waals surface area contributed by atoms with Crippen molar-refractivity contribution in [2.75, 3.05) is 31.4 Å². The quantitative estimate of drug-likeness (QED) is 0.698. The molecule has 0 aromatic heterocycles. The van der Waals surface area contributed by atoms with E-state index in [0.717, 1.165) is 12.2 Å². The molecule has 0 aliphatic heterocycles. The summed E-state index contributed by atoms with van der Waals surface area (Å²) in [7, 11) is 1.55. The molecule has 2 rings (SSSR count). The van der Waals surface area contributed by atoms with Gasteiger partial charge in [-0.3, -0.25) is 4.79 Å². The van der Waals surface area contributed by atoms with Crippen LogP contribution in [0.4, 0.5) is 11.4 Å². The van der Waals surface area contributed by atoms with Crippen molar-refractivity contribution >= 4 is 29.7 Å². The van der Waals surface area contributed by atoms with E-state index < -0.39 is 0 Å². The lowest BCUT2D eigenvalue weighted by Gasteiger charge is -2.11. The number of carbonyl (C=O) groups is 1. The molecular weight excluding hydrogens is 344 g/mol. The van der Waals surface area contributed by atoms with Crippen LogP contribution < -0.4 is 25.3 Å². The van der Waals surface area contributed by atoms with Crippen molar-refractivity contribution in [1.82, 2.24) is 0 Å². The van der Waals surface area contributed by atoms with E-state index in [0.29, 0.717) is 29.5 Å². The van der Waals surface area contributed by atoms with E-state index in [2.05, 4.69) is 5.32 Å². The third kappa shape index (κ3) is 6.43. The van der Waals surface area contributed by atoms with Gasteiger partial charge in [0.2, 0.25) is 0 Å². The van der Waals surface area contributed by atoms with Gasteiger partial charge in [-0.25, -0.2) is 0 Å². The first-order chi connectivity index (χ1) is 11.6. The Kier molecular flexibility index (Phi) is 8.43. The summed E-state index contributed by atoms with van der Waals surface area (Å²) < 4.78 is 16.1. The molecule has 0 bridgehead atoms. The van der Waals surface area contributed by atoms with Crippen LogP contribution in [-0.2, 0) is 4.79 Å². The van der Waals surface area contributed by atoms with E-state index in [1.165, 1.54) is 0 Å². The highest BCUT2D eigenvalue weighted by atomic mass is 35.5. The van der Waals surface area contributed by atoms with E-state index in [4.69, 9.17) is 19.9 Å². The summed E-state index contributed by atoms with van der Waals surface area (Å²) in [6.45, 7) is 2.60. The molecule has 0 heterocycles. The Hall–Kier alpha value is -2.60. The summed E-state index contributed by atoms with van der Waals surface area (Å²) in [5.41, 5.74) is 6.78. The number of rotatable bonds is 8. The first-order valence-corrected chi connectivity index (χ1v) is 7.71. The van der Waals surface area contributed by atoms with Crippen molar-refractivity contribution in [1.29, 1.82) is 0 Å². The molecule has 0 atom stereocenters. The minimum atomic E-state index is -0.304. The summed E-state index contributed by atoms with van der Waals surface area (Å²) in [5, 5.41) is 2.70. The summed E-state index contributed by atoms with van der Waals surface area (Å²) in [6.07, 6.45) is 0.950. The number of hydrogen-bond donors (Lipinski definition) is 2. The van der Waals surface area contributed by atoms with Crippen LogP contribution in [0, 0.1) is 0 Å². The number of hydrogen-bond acceptors (Lipinski definition) is 5. The Morgan fingerprint density at radius 1 is 1.04 bits per heavy atom. The maximum Gasteiger partial charge on any atom is 0.262 e. The van der Waals surface area contributed by atoms with Crippen LogP contribution in [0.25, 0.3) is 0 Å². The second kappa shape index (κ2) is 10.3. The highest BCUT2D eigenvalue weighted by molar-refractivity contribution is 5.95.